The number of hydrogen-bond donors (Lipinski definition) is 1. The first-order valence-corrected chi connectivity index (χ1v) is 5.47. The van der Waals surface area contributed by atoms with Crippen molar-refractivity contribution in [3.8, 4) is 5.88 Å². The number of rotatable bonds is 5. The Hall–Kier alpha value is -2.17. The summed E-state index contributed by atoms with van der Waals surface area (Å²) in [5, 5.41) is 3.13. The molecule has 0 unspecified atom stereocenters. The minimum Gasteiger partial charge on any atom is -0.478 e. The van der Waals surface area contributed by atoms with E-state index in [0.29, 0.717) is 25.0 Å². The first-order chi connectivity index (χ1) is 8.38. The number of pyridine rings is 1. The molecule has 0 bridgehead atoms. The fourth-order valence-corrected chi connectivity index (χ4v) is 1.34. The number of anilines is 1. The van der Waals surface area contributed by atoms with E-state index in [0.717, 1.165) is 5.56 Å². The fraction of sp³-hybridized carbons (Fsp3) is 0.250. The summed E-state index contributed by atoms with van der Waals surface area (Å²) in [4.78, 5) is 12.3. The summed E-state index contributed by atoms with van der Waals surface area (Å²) in [5.74, 6) is 1.15. The normalized spacial score (nSPS) is 9.94. The van der Waals surface area contributed by atoms with Crippen LogP contribution in [-0.2, 0) is 6.54 Å². The maximum Gasteiger partial charge on any atom is 0.226 e. The Morgan fingerprint density at radius 1 is 1.18 bits per heavy atom. The lowest BCUT2D eigenvalue weighted by Crippen LogP contribution is -2.04. The van der Waals surface area contributed by atoms with Crippen LogP contribution < -0.4 is 10.1 Å². The predicted molar refractivity (Wildman–Crippen MR) is 64.8 cm³/mol. The van der Waals surface area contributed by atoms with E-state index in [-0.39, 0.29) is 0 Å². The third-order valence-corrected chi connectivity index (χ3v) is 2.12. The van der Waals surface area contributed by atoms with E-state index in [1.54, 1.807) is 24.7 Å². The summed E-state index contributed by atoms with van der Waals surface area (Å²) in [6, 6.07) is 5.62. The Morgan fingerprint density at radius 2 is 2.00 bits per heavy atom. The van der Waals surface area contributed by atoms with Crippen molar-refractivity contribution in [3.63, 3.8) is 0 Å². The van der Waals surface area contributed by atoms with Crippen LogP contribution in [0.4, 0.5) is 5.95 Å². The van der Waals surface area contributed by atoms with Crippen LogP contribution >= 0.6 is 0 Å². The first-order valence-electron chi connectivity index (χ1n) is 5.47. The third-order valence-electron chi connectivity index (χ3n) is 2.12. The molecule has 0 saturated carbocycles. The molecule has 0 aliphatic carbocycles. The van der Waals surface area contributed by atoms with Crippen LogP contribution in [0.15, 0.2) is 36.8 Å². The van der Waals surface area contributed by atoms with Crippen LogP contribution in [0.5, 0.6) is 5.88 Å². The van der Waals surface area contributed by atoms with Crippen molar-refractivity contribution >= 4 is 5.95 Å². The zero-order valence-electron chi connectivity index (χ0n) is 9.63. The molecule has 2 aromatic heterocycles. The van der Waals surface area contributed by atoms with Gasteiger partial charge in [0.05, 0.1) is 6.61 Å². The van der Waals surface area contributed by atoms with Gasteiger partial charge in [0.25, 0.3) is 0 Å². The lowest BCUT2D eigenvalue weighted by atomic mass is 10.3. The molecule has 0 aromatic carbocycles. The van der Waals surface area contributed by atoms with Gasteiger partial charge in [-0.05, 0) is 24.6 Å². The van der Waals surface area contributed by atoms with Crippen molar-refractivity contribution in [3.05, 3.63) is 42.4 Å². The Bertz CT molecular complexity index is 461. The van der Waals surface area contributed by atoms with Crippen molar-refractivity contribution < 1.29 is 4.74 Å². The number of hydrogen-bond acceptors (Lipinski definition) is 5. The van der Waals surface area contributed by atoms with Crippen molar-refractivity contribution in [2.24, 2.45) is 0 Å². The topological polar surface area (TPSA) is 59.9 Å². The zero-order chi connectivity index (χ0) is 11.9. The second-order valence-electron chi connectivity index (χ2n) is 3.36. The van der Waals surface area contributed by atoms with Crippen LogP contribution in [0, 0.1) is 0 Å². The number of ether oxygens (including phenoxy) is 1. The summed E-state index contributed by atoms with van der Waals surface area (Å²) in [6.45, 7) is 3.19. The first kappa shape index (κ1) is 11.3. The van der Waals surface area contributed by atoms with Crippen molar-refractivity contribution in [2.45, 2.75) is 13.5 Å². The molecule has 5 nitrogen and oxygen atoms in total. The molecule has 2 heterocycles. The highest BCUT2D eigenvalue weighted by atomic mass is 16.5. The Morgan fingerprint density at radius 3 is 2.76 bits per heavy atom. The van der Waals surface area contributed by atoms with E-state index in [1.165, 1.54) is 0 Å². The summed E-state index contributed by atoms with van der Waals surface area (Å²) in [5.41, 5.74) is 1.13. The number of aromatic nitrogens is 3. The average Bonchev–Trinajstić information content (AvgIpc) is 2.39. The second kappa shape index (κ2) is 5.79. The average molecular weight is 230 g/mol. The minimum absolute atomic E-state index is 0.563. The molecule has 0 amide bonds. The summed E-state index contributed by atoms with van der Waals surface area (Å²) >= 11 is 0. The monoisotopic (exact) mass is 230 g/mol. The molecular formula is C12H14N4O. The Kier molecular flexibility index (Phi) is 3.85. The van der Waals surface area contributed by atoms with Crippen LogP contribution in [0.2, 0.25) is 0 Å². The van der Waals surface area contributed by atoms with Gasteiger partial charge in [0.15, 0.2) is 0 Å². The highest BCUT2D eigenvalue weighted by Crippen LogP contribution is 2.09. The zero-order valence-corrected chi connectivity index (χ0v) is 9.63. The highest BCUT2D eigenvalue weighted by Gasteiger charge is 1.99. The maximum atomic E-state index is 5.30. The molecule has 2 rings (SSSR count). The molecule has 17 heavy (non-hydrogen) atoms. The lowest BCUT2D eigenvalue weighted by molar-refractivity contribution is 0.326. The molecule has 1 N–H and O–H groups in total. The van der Waals surface area contributed by atoms with Crippen LogP contribution in [0.1, 0.15) is 12.5 Å². The van der Waals surface area contributed by atoms with Gasteiger partial charge >= 0.3 is 0 Å². The molecule has 0 radical (unpaired) electrons. The van der Waals surface area contributed by atoms with Crippen LogP contribution in [0.3, 0.4) is 0 Å². The largest absolute Gasteiger partial charge is 0.478 e. The SMILES string of the molecule is CCOc1ccnc(NCc2ccncc2)n1. The molecule has 2 aromatic rings. The fourth-order valence-electron chi connectivity index (χ4n) is 1.34. The quantitative estimate of drug-likeness (QED) is 0.849. The maximum absolute atomic E-state index is 5.30. The summed E-state index contributed by atoms with van der Waals surface area (Å²) in [7, 11) is 0. The summed E-state index contributed by atoms with van der Waals surface area (Å²) in [6.07, 6.45) is 5.19. The standard InChI is InChI=1S/C12H14N4O/c1-2-17-11-5-8-14-12(16-11)15-9-10-3-6-13-7-4-10/h3-8H,2,9H2,1H3,(H,14,15,16). The lowest BCUT2D eigenvalue weighted by Gasteiger charge is -2.06. The molecule has 88 valence electrons. The van der Waals surface area contributed by atoms with E-state index >= 15 is 0 Å². The molecule has 0 saturated heterocycles. The smallest absolute Gasteiger partial charge is 0.226 e. The van der Waals surface area contributed by atoms with E-state index in [9.17, 15) is 0 Å². The molecule has 0 aliphatic heterocycles. The van der Waals surface area contributed by atoms with Crippen LogP contribution in [-0.4, -0.2) is 21.6 Å². The molecule has 0 spiro atoms. The van der Waals surface area contributed by atoms with Gasteiger partial charge in [0.1, 0.15) is 0 Å². The van der Waals surface area contributed by atoms with Gasteiger partial charge < -0.3 is 10.1 Å². The van der Waals surface area contributed by atoms with Crippen molar-refractivity contribution in [2.75, 3.05) is 11.9 Å². The van der Waals surface area contributed by atoms with E-state index in [4.69, 9.17) is 4.74 Å². The molecule has 5 heteroatoms. The second-order valence-corrected chi connectivity index (χ2v) is 3.36. The van der Waals surface area contributed by atoms with Gasteiger partial charge in [-0.25, -0.2) is 4.98 Å². The van der Waals surface area contributed by atoms with Gasteiger partial charge in [-0.1, -0.05) is 0 Å². The van der Waals surface area contributed by atoms with Gasteiger partial charge in [-0.2, -0.15) is 4.98 Å². The highest BCUT2D eigenvalue weighted by molar-refractivity contribution is 5.29. The van der Waals surface area contributed by atoms with Crippen molar-refractivity contribution in [1.82, 2.24) is 15.0 Å². The minimum atomic E-state index is 0.563. The van der Waals surface area contributed by atoms with Gasteiger partial charge in [-0.3, -0.25) is 4.98 Å². The number of nitrogens with zero attached hydrogens (tertiary/aromatic N) is 3. The van der Waals surface area contributed by atoms with E-state index in [2.05, 4.69) is 20.3 Å². The number of nitrogens with one attached hydrogen (secondary N) is 1. The van der Waals surface area contributed by atoms with Gasteiger partial charge in [0.2, 0.25) is 11.8 Å². The van der Waals surface area contributed by atoms with Gasteiger partial charge in [0, 0.05) is 31.2 Å². The van der Waals surface area contributed by atoms with E-state index in [1.807, 2.05) is 19.1 Å². The molecule has 0 atom stereocenters. The van der Waals surface area contributed by atoms with Crippen LogP contribution in [0.25, 0.3) is 0 Å². The third kappa shape index (κ3) is 3.41. The Labute approximate surface area is 99.9 Å². The van der Waals surface area contributed by atoms with Crippen molar-refractivity contribution in [1.29, 1.82) is 0 Å². The van der Waals surface area contributed by atoms with Gasteiger partial charge in [-0.15, -0.1) is 0 Å². The van der Waals surface area contributed by atoms with E-state index < -0.39 is 0 Å². The summed E-state index contributed by atoms with van der Waals surface area (Å²) < 4.78 is 5.30. The Balaban J connectivity index is 1.97. The molecule has 0 aliphatic rings. The molecule has 0 fully saturated rings. The predicted octanol–water partition coefficient (Wildman–Crippen LogP) is 1.88. The molecular weight excluding hydrogens is 216 g/mol.